The fourth-order valence-corrected chi connectivity index (χ4v) is 4.09. The van der Waals surface area contributed by atoms with Gasteiger partial charge in [0.2, 0.25) is 0 Å². The number of hydrogen-bond acceptors (Lipinski definition) is 5. The third kappa shape index (κ3) is 4.87. The van der Waals surface area contributed by atoms with E-state index in [9.17, 15) is 0 Å². The number of rotatable bonds is 7. The van der Waals surface area contributed by atoms with Crippen molar-refractivity contribution in [1.29, 1.82) is 0 Å². The summed E-state index contributed by atoms with van der Waals surface area (Å²) in [4.78, 5) is 7.69. The zero-order chi connectivity index (χ0) is 17.6. The molecule has 2 saturated heterocycles. The zero-order valence-electron chi connectivity index (χ0n) is 16.0. The third-order valence-electron chi connectivity index (χ3n) is 5.80. The van der Waals surface area contributed by atoms with E-state index in [0.29, 0.717) is 0 Å². The molecule has 25 heavy (non-hydrogen) atoms. The maximum Gasteiger partial charge on any atom is 0.123 e. The molecule has 0 spiro atoms. The highest BCUT2D eigenvalue weighted by Gasteiger charge is 2.23. The lowest BCUT2D eigenvalue weighted by Crippen LogP contribution is -2.46. The summed E-state index contributed by atoms with van der Waals surface area (Å²) >= 11 is 0. The van der Waals surface area contributed by atoms with E-state index >= 15 is 0 Å². The quantitative estimate of drug-likeness (QED) is 0.755. The van der Waals surface area contributed by atoms with Crippen LogP contribution in [0.1, 0.15) is 24.8 Å². The maximum atomic E-state index is 5.52. The van der Waals surface area contributed by atoms with Crippen LogP contribution in [-0.4, -0.2) is 81.3 Å². The molecular formula is C20H33N3O2. The molecule has 1 unspecified atom stereocenters. The standard InChI is InChI=1S/C20H33N3O2/c1-21-9-4-5-18(21)8-10-22-11-13-23(14-12-22)16-17-15-19(24-2)6-7-20(17)25-3/h6-7,15,18H,4-5,8-14,16H2,1-3H3. The normalized spacial score (nSPS) is 23.1. The second-order valence-corrected chi connectivity index (χ2v) is 7.36. The van der Waals surface area contributed by atoms with Crippen LogP contribution in [0.2, 0.25) is 0 Å². The van der Waals surface area contributed by atoms with Crippen LogP contribution in [0.3, 0.4) is 0 Å². The highest BCUT2D eigenvalue weighted by Crippen LogP contribution is 2.26. The minimum atomic E-state index is 0.805. The number of hydrogen-bond donors (Lipinski definition) is 0. The van der Waals surface area contributed by atoms with Crippen LogP contribution in [0, 0.1) is 0 Å². The fourth-order valence-electron chi connectivity index (χ4n) is 4.09. The van der Waals surface area contributed by atoms with Crippen molar-refractivity contribution < 1.29 is 9.47 Å². The van der Waals surface area contributed by atoms with Gasteiger partial charge >= 0.3 is 0 Å². The third-order valence-corrected chi connectivity index (χ3v) is 5.80. The van der Waals surface area contributed by atoms with Gasteiger partial charge in [0, 0.05) is 44.3 Å². The Hall–Kier alpha value is -1.30. The summed E-state index contributed by atoms with van der Waals surface area (Å²) in [7, 11) is 5.73. The number of methoxy groups -OCH3 is 2. The van der Waals surface area contributed by atoms with Crippen LogP contribution >= 0.6 is 0 Å². The average molecular weight is 348 g/mol. The summed E-state index contributed by atoms with van der Waals surface area (Å²) in [6.07, 6.45) is 4.07. The van der Waals surface area contributed by atoms with Gasteiger partial charge in [-0.25, -0.2) is 0 Å². The Morgan fingerprint density at radius 1 is 1.00 bits per heavy atom. The summed E-state index contributed by atoms with van der Waals surface area (Å²) in [6, 6.07) is 6.86. The Morgan fingerprint density at radius 2 is 1.76 bits per heavy atom. The number of nitrogens with zero attached hydrogens (tertiary/aromatic N) is 3. The van der Waals surface area contributed by atoms with E-state index in [-0.39, 0.29) is 0 Å². The monoisotopic (exact) mass is 347 g/mol. The van der Waals surface area contributed by atoms with Gasteiger partial charge in [-0.2, -0.15) is 0 Å². The smallest absolute Gasteiger partial charge is 0.123 e. The average Bonchev–Trinajstić information content (AvgIpc) is 3.06. The summed E-state index contributed by atoms with van der Waals surface area (Å²) in [5.41, 5.74) is 1.21. The Kier molecular flexibility index (Phi) is 6.57. The van der Waals surface area contributed by atoms with E-state index in [1.54, 1.807) is 14.2 Å². The Balaban J connectivity index is 1.46. The zero-order valence-corrected chi connectivity index (χ0v) is 16.0. The number of likely N-dealkylation sites (tertiary alicyclic amines) is 1. The molecule has 5 heteroatoms. The predicted octanol–water partition coefficient (Wildman–Crippen LogP) is 2.31. The molecule has 5 nitrogen and oxygen atoms in total. The van der Waals surface area contributed by atoms with E-state index in [0.717, 1.165) is 37.2 Å². The minimum Gasteiger partial charge on any atom is -0.497 e. The number of benzene rings is 1. The molecule has 1 aromatic carbocycles. The van der Waals surface area contributed by atoms with E-state index in [1.165, 1.54) is 51.0 Å². The summed E-state index contributed by atoms with van der Waals surface area (Å²) in [5, 5.41) is 0. The van der Waals surface area contributed by atoms with Gasteiger partial charge in [0.1, 0.15) is 11.5 Å². The van der Waals surface area contributed by atoms with Gasteiger partial charge in [-0.15, -0.1) is 0 Å². The highest BCUT2D eigenvalue weighted by molar-refractivity contribution is 5.40. The van der Waals surface area contributed by atoms with Crippen LogP contribution in [0.25, 0.3) is 0 Å². The Labute approximate surface area is 152 Å². The van der Waals surface area contributed by atoms with Gasteiger partial charge in [0.05, 0.1) is 14.2 Å². The van der Waals surface area contributed by atoms with Crippen molar-refractivity contribution in [3.05, 3.63) is 23.8 Å². The molecule has 0 radical (unpaired) electrons. The van der Waals surface area contributed by atoms with Crippen molar-refractivity contribution in [2.45, 2.75) is 31.8 Å². The van der Waals surface area contributed by atoms with Crippen LogP contribution in [0.4, 0.5) is 0 Å². The summed E-state index contributed by atoms with van der Waals surface area (Å²) < 4.78 is 10.9. The molecule has 2 fully saturated rings. The fraction of sp³-hybridized carbons (Fsp3) is 0.700. The Morgan fingerprint density at radius 3 is 2.40 bits per heavy atom. The van der Waals surface area contributed by atoms with Crippen LogP contribution in [0.15, 0.2) is 18.2 Å². The van der Waals surface area contributed by atoms with Crippen molar-refractivity contribution in [2.24, 2.45) is 0 Å². The van der Waals surface area contributed by atoms with Crippen LogP contribution in [0.5, 0.6) is 11.5 Å². The van der Waals surface area contributed by atoms with Gasteiger partial charge in [-0.3, -0.25) is 4.90 Å². The SMILES string of the molecule is COc1ccc(OC)c(CN2CCN(CCC3CCCN3C)CC2)c1. The van der Waals surface area contributed by atoms with E-state index in [4.69, 9.17) is 9.47 Å². The molecule has 0 aromatic heterocycles. The predicted molar refractivity (Wildman–Crippen MR) is 102 cm³/mol. The Bertz CT molecular complexity index is 544. The minimum absolute atomic E-state index is 0.805. The van der Waals surface area contributed by atoms with Crippen molar-refractivity contribution in [1.82, 2.24) is 14.7 Å². The molecule has 0 bridgehead atoms. The molecule has 1 aromatic rings. The van der Waals surface area contributed by atoms with Crippen molar-refractivity contribution in [3.8, 4) is 11.5 Å². The molecule has 140 valence electrons. The molecule has 1 atom stereocenters. The molecule has 0 saturated carbocycles. The van der Waals surface area contributed by atoms with Crippen molar-refractivity contribution in [2.75, 3.05) is 60.5 Å². The summed E-state index contributed by atoms with van der Waals surface area (Å²) in [5.74, 6) is 1.85. The lowest BCUT2D eigenvalue weighted by atomic mass is 10.1. The van der Waals surface area contributed by atoms with Gasteiger partial charge < -0.3 is 19.3 Å². The van der Waals surface area contributed by atoms with E-state index in [1.807, 2.05) is 12.1 Å². The first-order chi connectivity index (χ1) is 12.2. The molecule has 2 heterocycles. The van der Waals surface area contributed by atoms with E-state index in [2.05, 4.69) is 27.8 Å². The first kappa shape index (κ1) is 18.5. The van der Waals surface area contributed by atoms with Crippen molar-refractivity contribution >= 4 is 0 Å². The molecule has 3 rings (SSSR count). The van der Waals surface area contributed by atoms with E-state index < -0.39 is 0 Å². The molecule has 0 N–H and O–H groups in total. The lowest BCUT2D eigenvalue weighted by Gasteiger charge is -2.35. The number of ether oxygens (including phenoxy) is 2. The lowest BCUT2D eigenvalue weighted by molar-refractivity contribution is 0.118. The first-order valence-electron chi connectivity index (χ1n) is 9.55. The van der Waals surface area contributed by atoms with Crippen LogP contribution < -0.4 is 9.47 Å². The first-order valence-corrected chi connectivity index (χ1v) is 9.55. The summed E-state index contributed by atoms with van der Waals surface area (Å²) in [6.45, 7) is 8.04. The molecule has 0 amide bonds. The largest absolute Gasteiger partial charge is 0.497 e. The van der Waals surface area contributed by atoms with Crippen molar-refractivity contribution in [3.63, 3.8) is 0 Å². The molecular weight excluding hydrogens is 314 g/mol. The second-order valence-electron chi connectivity index (χ2n) is 7.36. The topological polar surface area (TPSA) is 28.2 Å². The molecule has 2 aliphatic heterocycles. The maximum absolute atomic E-state index is 5.52. The van der Waals surface area contributed by atoms with Gasteiger partial charge in [0.25, 0.3) is 0 Å². The molecule has 0 aliphatic carbocycles. The van der Waals surface area contributed by atoms with Gasteiger partial charge in [-0.05, 0) is 57.6 Å². The molecule has 2 aliphatic rings. The van der Waals surface area contributed by atoms with Gasteiger partial charge in [0.15, 0.2) is 0 Å². The van der Waals surface area contributed by atoms with Crippen LogP contribution in [-0.2, 0) is 6.54 Å². The number of piperazine rings is 1. The highest BCUT2D eigenvalue weighted by atomic mass is 16.5. The second kappa shape index (κ2) is 8.88. The van der Waals surface area contributed by atoms with Gasteiger partial charge in [-0.1, -0.05) is 0 Å².